The topological polar surface area (TPSA) is 90.2 Å². The molecule has 1 amide bonds. The van der Waals surface area contributed by atoms with E-state index in [-0.39, 0.29) is 5.91 Å². The van der Waals surface area contributed by atoms with Crippen molar-refractivity contribution in [3.05, 3.63) is 29.8 Å². The van der Waals surface area contributed by atoms with Gasteiger partial charge < -0.3 is 10.4 Å². The van der Waals surface area contributed by atoms with Gasteiger partial charge in [-0.05, 0) is 37.1 Å². The Morgan fingerprint density at radius 3 is 2.30 bits per heavy atom. The summed E-state index contributed by atoms with van der Waals surface area (Å²) in [4.78, 5) is 23.4. The van der Waals surface area contributed by atoms with Crippen molar-refractivity contribution < 1.29 is 14.7 Å². The fraction of sp³-hybridized carbons (Fsp3) is 0.400. The number of carboxylic acids is 1. The summed E-state index contributed by atoms with van der Waals surface area (Å²) in [5.74, 6) is -2.22. The van der Waals surface area contributed by atoms with Crippen molar-refractivity contribution in [1.82, 2.24) is 0 Å². The lowest BCUT2D eigenvalue weighted by atomic mass is 9.78. The second kappa shape index (κ2) is 6.20. The highest BCUT2D eigenvalue weighted by Gasteiger charge is 2.35. The van der Waals surface area contributed by atoms with Crippen LogP contribution < -0.4 is 5.32 Å². The average Bonchev–Trinajstić information content (AvgIpc) is 2.48. The summed E-state index contributed by atoms with van der Waals surface area (Å²) in [6, 6.07) is 8.53. The van der Waals surface area contributed by atoms with Crippen LogP contribution in [0.15, 0.2) is 24.3 Å². The molecule has 2 N–H and O–H groups in total. The van der Waals surface area contributed by atoms with E-state index in [1.54, 1.807) is 24.3 Å². The van der Waals surface area contributed by atoms with Gasteiger partial charge in [0.05, 0.1) is 23.5 Å². The van der Waals surface area contributed by atoms with E-state index >= 15 is 0 Å². The summed E-state index contributed by atoms with van der Waals surface area (Å²) in [6.45, 7) is 0. The Labute approximate surface area is 117 Å². The number of nitriles is 1. The lowest BCUT2D eigenvalue weighted by molar-refractivity contribution is -0.147. The third-order valence-corrected chi connectivity index (χ3v) is 3.70. The first kappa shape index (κ1) is 14.1. The van der Waals surface area contributed by atoms with Crippen LogP contribution in [-0.2, 0) is 9.59 Å². The van der Waals surface area contributed by atoms with Crippen molar-refractivity contribution in [1.29, 1.82) is 5.26 Å². The monoisotopic (exact) mass is 272 g/mol. The maximum Gasteiger partial charge on any atom is 0.307 e. The minimum Gasteiger partial charge on any atom is -0.481 e. The summed E-state index contributed by atoms with van der Waals surface area (Å²) in [7, 11) is 0. The molecule has 0 bridgehead atoms. The van der Waals surface area contributed by atoms with Gasteiger partial charge in [0, 0.05) is 5.69 Å². The zero-order valence-corrected chi connectivity index (χ0v) is 11.0. The van der Waals surface area contributed by atoms with Crippen LogP contribution in [0.5, 0.6) is 0 Å². The Hall–Kier alpha value is -2.35. The summed E-state index contributed by atoms with van der Waals surface area (Å²) in [5, 5.41) is 20.6. The fourth-order valence-electron chi connectivity index (χ4n) is 2.60. The van der Waals surface area contributed by atoms with Crippen LogP contribution >= 0.6 is 0 Å². The minimum absolute atomic E-state index is 0.248. The molecule has 0 aliphatic heterocycles. The number of rotatable bonds is 3. The molecule has 1 aliphatic carbocycles. The number of benzene rings is 1. The molecule has 1 aliphatic rings. The lowest BCUT2D eigenvalue weighted by Crippen LogP contribution is -2.36. The van der Waals surface area contributed by atoms with E-state index in [2.05, 4.69) is 5.32 Å². The highest BCUT2D eigenvalue weighted by atomic mass is 16.4. The van der Waals surface area contributed by atoms with Crippen LogP contribution in [0.1, 0.15) is 31.2 Å². The zero-order valence-electron chi connectivity index (χ0n) is 11.0. The van der Waals surface area contributed by atoms with Crippen molar-refractivity contribution in [2.45, 2.75) is 25.7 Å². The van der Waals surface area contributed by atoms with E-state index in [1.807, 2.05) is 6.07 Å². The molecule has 0 spiro atoms. The lowest BCUT2D eigenvalue weighted by Gasteiger charge is -2.27. The van der Waals surface area contributed by atoms with E-state index in [0.29, 0.717) is 24.1 Å². The van der Waals surface area contributed by atoms with E-state index in [4.69, 9.17) is 5.26 Å². The fourth-order valence-corrected chi connectivity index (χ4v) is 2.60. The SMILES string of the molecule is N#Cc1ccc(NC(=O)C2CCCCC2C(=O)O)cc1. The zero-order chi connectivity index (χ0) is 14.5. The number of carbonyl (C=O) groups excluding carboxylic acids is 1. The maximum absolute atomic E-state index is 12.2. The quantitative estimate of drug-likeness (QED) is 0.884. The summed E-state index contributed by atoms with van der Waals surface area (Å²) in [5.41, 5.74) is 1.10. The normalized spacial score (nSPS) is 21.8. The van der Waals surface area contributed by atoms with Gasteiger partial charge in [-0.15, -0.1) is 0 Å². The van der Waals surface area contributed by atoms with E-state index < -0.39 is 17.8 Å². The molecule has 20 heavy (non-hydrogen) atoms. The third kappa shape index (κ3) is 3.15. The van der Waals surface area contributed by atoms with Crippen LogP contribution in [0.2, 0.25) is 0 Å². The summed E-state index contributed by atoms with van der Waals surface area (Å²) in [6.07, 6.45) is 2.91. The van der Waals surface area contributed by atoms with Gasteiger partial charge in [-0.25, -0.2) is 0 Å². The van der Waals surface area contributed by atoms with Gasteiger partial charge >= 0.3 is 5.97 Å². The number of nitrogens with zero attached hydrogens (tertiary/aromatic N) is 1. The molecule has 0 heterocycles. The highest BCUT2D eigenvalue weighted by Crippen LogP contribution is 2.31. The van der Waals surface area contributed by atoms with Gasteiger partial charge in [-0.1, -0.05) is 12.8 Å². The van der Waals surface area contributed by atoms with Crippen LogP contribution in [-0.4, -0.2) is 17.0 Å². The summed E-state index contributed by atoms with van der Waals surface area (Å²) >= 11 is 0. The molecule has 5 nitrogen and oxygen atoms in total. The molecule has 2 unspecified atom stereocenters. The molecular weight excluding hydrogens is 256 g/mol. The molecule has 1 aromatic carbocycles. The molecule has 2 rings (SSSR count). The minimum atomic E-state index is -0.898. The highest BCUT2D eigenvalue weighted by molar-refractivity contribution is 5.95. The van der Waals surface area contributed by atoms with E-state index in [9.17, 15) is 14.7 Å². The first-order valence-corrected chi connectivity index (χ1v) is 6.65. The molecule has 104 valence electrons. The van der Waals surface area contributed by atoms with Crippen LogP contribution in [0.3, 0.4) is 0 Å². The second-order valence-corrected chi connectivity index (χ2v) is 5.01. The molecule has 1 aromatic rings. The number of anilines is 1. The number of hydrogen-bond donors (Lipinski definition) is 2. The Bertz CT molecular complexity index is 545. The predicted octanol–water partition coefficient (Wildman–Crippen LogP) is 2.39. The van der Waals surface area contributed by atoms with Crippen molar-refractivity contribution >= 4 is 17.6 Å². The molecule has 0 radical (unpaired) electrons. The van der Waals surface area contributed by atoms with Gasteiger partial charge in [0.2, 0.25) is 5.91 Å². The number of carboxylic acid groups (broad SMARTS) is 1. The largest absolute Gasteiger partial charge is 0.481 e. The molecule has 1 saturated carbocycles. The predicted molar refractivity (Wildman–Crippen MR) is 72.9 cm³/mol. The van der Waals surface area contributed by atoms with Gasteiger partial charge in [-0.2, -0.15) is 5.26 Å². The molecule has 1 fully saturated rings. The standard InChI is InChI=1S/C15H16N2O3/c16-9-10-5-7-11(8-6-10)17-14(18)12-3-1-2-4-13(12)15(19)20/h5-8,12-13H,1-4H2,(H,17,18)(H,19,20). The molecule has 5 heteroatoms. The Balaban J connectivity index is 2.06. The second-order valence-electron chi connectivity index (χ2n) is 5.01. The molecule has 0 saturated heterocycles. The number of hydrogen-bond acceptors (Lipinski definition) is 3. The number of amides is 1. The van der Waals surface area contributed by atoms with Crippen molar-refractivity contribution in [2.24, 2.45) is 11.8 Å². The van der Waals surface area contributed by atoms with E-state index in [1.165, 1.54) is 0 Å². The molecule has 2 atom stereocenters. The Kier molecular flexibility index (Phi) is 4.36. The van der Waals surface area contributed by atoms with E-state index in [0.717, 1.165) is 12.8 Å². The smallest absolute Gasteiger partial charge is 0.307 e. The van der Waals surface area contributed by atoms with Crippen LogP contribution in [0.25, 0.3) is 0 Å². The van der Waals surface area contributed by atoms with Gasteiger partial charge in [-0.3, -0.25) is 9.59 Å². The Morgan fingerprint density at radius 2 is 1.75 bits per heavy atom. The number of carbonyl (C=O) groups is 2. The van der Waals surface area contributed by atoms with Crippen molar-refractivity contribution in [3.63, 3.8) is 0 Å². The first-order chi connectivity index (χ1) is 9.61. The summed E-state index contributed by atoms with van der Waals surface area (Å²) < 4.78 is 0. The molecular formula is C15H16N2O3. The Morgan fingerprint density at radius 1 is 1.15 bits per heavy atom. The van der Waals surface area contributed by atoms with Crippen LogP contribution in [0.4, 0.5) is 5.69 Å². The van der Waals surface area contributed by atoms with Gasteiger partial charge in [0.15, 0.2) is 0 Å². The van der Waals surface area contributed by atoms with Gasteiger partial charge in [0.1, 0.15) is 0 Å². The third-order valence-electron chi connectivity index (χ3n) is 3.70. The van der Waals surface area contributed by atoms with Gasteiger partial charge in [0.25, 0.3) is 0 Å². The van der Waals surface area contributed by atoms with Crippen LogP contribution in [0, 0.1) is 23.2 Å². The maximum atomic E-state index is 12.2. The first-order valence-electron chi connectivity index (χ1n) is 6.65. The average molecular weight is 272 g/mol. The molecule has 0 aromatic heterocycles. The van der Waals surface area contributed by atoms with Crippen molar-refractivity contribution in [3.8, 4) is 6.07 Å². The number of nitrogens with one attached hydrogen (secondary N) is 1. The number of aliphatic carboxylic acids is 1. The van der Waals surface area contributed by atoms with Crippen molar-refractivity contribution in [2.75, 3.05) is 5.32 Å².